The minimum atomic E-state index is -0.468. The average molecular weight is 395 g/mol. The van der Waals surface area contributed by atoms with Crippen LogP contribution in [-0.4, -0.2) is 38.2 Å². The van der Waals surface area contributed by atoms with Gasteiger partial charge >= 0.3 is 5.97 Å². The van der Waals surface area contributed by atoms with Gasteiger partial charge in [-0.25, -0.2) is 0 Å². The van der Waals surface area contributed by atoms with Crippen LogP contribution in [0.25, 0.3) is 0 Å². The van der Waals surface area contributed by atoms with Gasteiger partial charge in [0.25, 0.3) is 0 Å². The van der Waals surface area contributed by atoms with Crippen LogP contribution in [0, 0.1) is 5.92 Å². The van der Waals surface area contributed by atoms with Gasteiger partial charge in [-0.3, -0.25) is 4.79 Å². The molecule has 160 valence electrons. The molecular weight excluding hydrogens is 356 g/mol. The summed E-state index contributed by atoms with van der Waals surface area (Å²) in [5.41, 5.74) is 0. The SMILES string of the molecule is CCCCC(CC)CC(=O)OC(COc1ccccc1)COC(C)OCCC. The minimum absolute atomic E-state index is 0.185. The molecule has 0 aliphatic heterocycles. The molecule has 1 rings (SSSR count). The van der Waals surface area contributed by atoms with Gasteiger partial charge < -0.3 is 18.9 Å². The molecule has 5 nitrogen and oxygen atoms in total. The molecule has 0 N–H and O–H groups in total. The fraction of sp³-hybridized carbons (Fsp3) is 0.696. The summed E-state index contributed by atoms with van der Waals surface area (Å²) in [6.07, 6.45) is 4.89. The van der Waals surface area contributed by atoms with Crippen LogP contribution in [0.2, 0.25) is 0 Å². The summed E-state index contributed by atoms with van der Waals surface area (Å²) in [6.45, 7) is 9.33. The van der Waals surface area contributed by atoms with E-state index in [1.165, 1.54) is 0 Å². The predicted octanol–water partition coefficient (Wildman–Crippen LogP) is 5.37. The molecule has 0 aliphatic carbocycles. The maximum atomic E-state index is 12.4. The Hall–Kier alpha value is -1.59. The van der Waals surface area contributed by atoms with E-state index in [0.29, 0.717) is 18.9 Å². The Morgan fingerprint density at radius 2 is 1.75 bits per heavy atom. The van der Waals surface area contributed by atoms with Gasteiger partial charge in [0.05, 0.1) is 6.61 Å². The zero-order chi connectivity index (χ0) is 20.6. The largest absolute Gasteiger partial charge is 0.490 e. The second kappa shape index (κ2) is 15.3. The third kappa shape index (κ3) is 11.3. The molecule has 0 aromatic heterocycles. The Morgan fingerprint density at radius 3 is 2.39 bits per heavy atom. The lowest BCUT2D eigenvalue weighted by Gasteiger charge is -2.22. The van der Waals surface area contributed by atoms with Crippen molar-refractivity contribution in [3.63, 3.8) is 0 Å². The van der Waals surface area contributed by atoms with Crippen molar-refractivity contribution < 1.29 is 23.7 Å². The maximum Gasteiger partial charge on any atom is 0.306 e. The molecule has 28 heavy (non-hydrogen) atoms. The van der Waals surface area contributed by atoms with Crippen molar-refractivity contribution >= 4 is 5.97 Å². The first-order valence-electron chi connectivity index (χ1n) is 10.7. The number of hydrogen-bond donors (Lipinski definition) is 0. The molecule has 3 atom stereocenters. The van der Waals surface area contributed by atoms with Gasteiger partial charge in [-0.2, -0.15) is 0 Å². The lowest BCUT2D eigenvalue weighted by Crippen LogP contribution is -2.32. The summed E-state index contributed by atoms with van der Waals surface area (Å²) in [7, 11) is 0. The number of rotatable bonds is 16. The van der Waals surface area contributed by atoms with Gasteiger partial charge in [0, 0.05) is 13.0 Å². The second-order valence-electron chi connectivity index (χ2n) is 7.13. The van der Waals surface area contributed by atoms with Crippen LogP contribution in [0.5, 0.6) is 5.75 Å². The predicted molar refractivity (Wildman–Crippen MR) is 111 cm³/mol. The Kier molecular flexibility index (Phi) is 13.4. The van der Waals surface area contributed by atoms with E-state index in [1.807, 2.05) is 44.2 Å². The fourth-order valence-electron chi connectivity index (χ4n) is 2.81. The van der Waals surface area contributed by atoms with Crippen molar-refractivity contribution in [1.82, 2.24) is 0 Å². The molecule has 0 spiro atoms. The van der Waals surface area contributed by atoms with Crippen LogP contribution < -0.4 is 4.74 Å². The van der Waals surface area contributed by atoms with Crippen LogP contribution in [0.3, 0.4) is 0 Å². The lowest BCUT2D eigenvalue weighted by atomic mass is 9.96. The Morgan fingerprint density at radius 1 is 1.00 bits per heavy atom. The number of unbranched alkanes of at least 4 members (excludes halogenated alkanes) is 1. The third-order valence-electron chi connectivity index (χ3n) is 4.55. The van der Waals surface area contributed by atoms with Gasteiger partial charge in [0.1, 0.15) is 12.4 Å². The summed E-state index contributed by atoms with van der Waals surface area (Å²) >= 11 is 0. The monoisotopic (exact) mass is 394 g/mol. The van der Waals surface area contributed by atoms with E-state index in [4.69, 9.17) is 18.9 Å². The maximum absolute atomic E-state index is 12.4. The van der Waals surface area contributed by atoms with Crippen LogP contribution in [0.4, 0.5) is 0 Å². The van der Waals surface area contributed by atoms with Crippen molar-refractivity contribution in [2.75, 3.05) is 19.8 Å². The molecule has 0 fully saturated rings. The van der Waals surface area contributed by atoms with E-state index in [9.17, 15) is 4.79 Å². The first-order chi connectivity index (χ1) is 13.6. The molecule has 0 bridgehead atoms. The van der Waals surface area contributed by atoms with Gasteiger partial charge in [0.2, 0.25) is 0 Å². The van der Waals surface area contributed by atoms with Gasteiger partial charge in [-0.15, -0.1) is 0 Å². The van der Waals surface area contributed by atoms with Crippen LogP contribution >= 0.6 is 0 Å². The number of ether oxygens (including phenoxy) is 4. The highest BCUT2D eigenvalue weighted by molar-refractivity contribution is 5.69. The quantitative estimate of drug-likeness (QED) is 0.279. The Labute approximate surface area is 170 Å². The molecule has 3 unspecified atom stereocenters. The summed E-state index contributed by atoms with van der Waals surface area (Å²) in [6, 6.07) is 9.51. The van der Waals surface area contributed by atoms with Gasteiger partial charge in [0.15, 0.2) is 12.4 Å². The van der Waals surface area contributed by atoms with E-state index in [1.54, 1.807) is 0 Å². The number of hydrogen-bond acceptors (Lipinski definition) is 5. The van der Waals surface area contributed by atoms with E-state index in [0.717, 1.165) is 37.9 Å². The summed E-state index contributed by atoms with van der Waals surface area (Å²) in [4.78, 5) is 12.4. The van der Waals surface area contributed by atoms with Gasteiger partial charge in [-0.1, -0.05) is 58.2 Å². The standard InChI is InChI=1S/C23H38O5/c1-5-8-12-20(7-3)16-23(24)28-22(17-26-19(4)25-15-6-2)18-27-21-13-10-9-11-14-21/h9-11,13-14,19-20,22H,5-8,12,15-18H2,1-4H3. The highest BCUT2D eigenvalue weighted by Gasteiger charge is 2.20. The molecule has 0 saturated carbocycles. The topological polar surface area (TPSA) is 54.0 Å². The molecule has 1 aromatic rings. The second-order valence-corrected chi connectivity index (χ2v) is 7.13. The average Bonchev–Trinajstić information content (AvgIpc) is 2.72. The van der Waals surface area contributed by atoms with E-state index >= 15 is 0 Å². The van der Waals surface area contributed by atoms with Crippen LogP contribution in [-0.2, 0) is 19.0 Å². The first kappa shape index (κ1) is 24.4. The van der Waals surface area contributed by atoms with E-state index in [2.05, 4.69) is 13.8 Å². The van der Waals surface area contributed by atoms with Crippen molar-refractivity contribution in [2.24, 2.45) is 5.92 Å². The molecule has 0 amide bonds. The van der Waals surface area contributed by atoms with Crippen molar-refractivity contribution in [3.05, 3.63) is 30.3 Å². The van der Waals surface area contributed by atoms with E-state index < -0.39 is 6.10 Å². The third-order valence-corrected chi connectivity index (χ3v) is 4.55. The Bertz CT molecular complexity index is 505. The van der Waals surface area contributed by atoms with Crippen molar-refractivity contribution in [1.29, 1.82) is 0 Å². The highest BCUT2D eigenvalue weighted by Crippen LogP contribution is 2.18. The molecule has 0 radical (unpaired) electrons. The number of benzene rings is 1. The molecular formula is C23H38O5. The molecule has 5 heteroatoms. The number of esters is 1. The number of carbonyl (C=O) groups is 1. The smallest absolute Gasteiger partial charge is 0.306 e. The zero-order valence-electron chi connectivity index (χ0n) is 18.0. The summed E-state index contributed by atoms with van der Waals surface area (Å²) in [5, 5.41) is 0. The molecule has 0 aliphatic rings. The lowest BCUT2D eigenvalue weighted by molar-refractivity contribution is -0.172. The Balaban J connectivity index is 2.55. The first-order valence-corrected chi connectivity index (χ1v) is 10.7. The molecule has 0 heterocycles. The normalized spacial score (nSPS) is 14.3. The van der Waals surface area contributed by atoms with E-state index in [-0.39, 0.29) is 25.5 Å². The van der Waals surface area contributed by atoms with Crippen molar-refractivity contribution in [3.8, 4) is 5.75 Å². The highest BCUT2D eigenvalue weighted by atomic mass is 16.7. The summed E-state index contributed by atoms with van der Waals surface area (Å²) in [5.74, 6) is 0.930. The van der Waals surface area contributed by atoms with Crippen LogP contribution in [0.15, 0.2) is 30.3 Å². The molecule has 1 aromatic carbocycles. The zero-order valence-corrected chi connectivity index (χ0v) is 18.0. The fourth-order valence-corrected chi connectivity index (χ4v) is 2.81. The van der Waals surface area contributed by atoms with Crippen LogP contribution in [0.1, 0.15) is 66.2 Å². The minimum Gasteiger partial charge on any atom is -0.490 e. The van der Waals surface area contributed by atoms with Crippen molar-refractivity contribution in [2.45, 2.75) is 78.6 Å². The molecule has 0 saturated heterocycles. The number of carbonyl (C=O) groups excluding carboxylic acids is 1. The van der Waals surface area contributed by atoms with Gasteiger partial charge in [-0.05, 0) is 37.8 Å². The summed E-state index contributed by atoms with van der Waals surface area (Å²) < 4.78 is 22.7. The number of para-hydroxylation sites is 1.